The van der Waals surface area contributed by atoms with Crippen LogP contribution in [0.2, 0.25) is 0 Å². The zero-order valence-corrected chi connectivity index (χ0v) is 11.5. The lowest BCUT2D eigenvalue weighted by atomic mass is 10.1. The van der Waals surface area contributed by atoms with Crippen molar-refractivity contribution in [2.45, 2.75) is 37.9 Å². The van der Waals surface area contributed by atoms with Crippen LogP contribution < -0.4 is 5.73 Å². The molecule has 108 valence electrons. The first-order valence-corrected chi connectivity index (χ1v) is 6.67. The van der Waals surface area contributed by atoms with Gasteiger partial charge in [0.25, 0.3) is 0 Å². The summed E-state index contributed by atoms with van der Waals surface area (Å²) in [6, 6.07) is 0. The Morgan fingerprint density at radius 3 is 2.90 bits per heavy atom. The molecule has 8 nitrogen and oxygen atoms in total. The van der Waals surface area contributed by atoms with Gasteiger partial charge < -0.3 is 25.7 Å². The summed E-state index contributed by atoms with van der Waals surface area (Å²) in [6.07, 6.45) is -1.07. The van der Waals surface area contributed by atoms with Crippen molar-refractivity contribution >= 4 is 29.3 Å². The van der Waals surface area contributed by atoms with Crippen LogP contribution in [0.15, 0.2) is 6.33 Å². The van der Waals surface area contributed by atoms with Crippen molar-refractivity contribution in [1.29, 1.82) is 0 Å². The monoisotopic (exact) mass is 297 g/mol. The highest BCUT2D eigenvalue weighted by Crippen LogP contribution is 2.32. The predicted molar refractivity (Wildman–Crippen MR) is 73.3 cm³/mol. The van der Waals surface area contributed by atoms with E-state index in [1.807, 2.05) is 6.92 Å². The van der Waals surface area contributed by atoms with Gasteiger partial charge in [-0.15, -0.1) is 0 Å². The number of aromatic nitrogens is 4. The van der Waals surface area contributed by atoms with Gasteiger partial charge in [0.05, 0.1) is 12.4 Å². The molecule has 1 aliphatic rings. The van der Waals surface area contributed by atoms with E-state index < -0.39 is 24.5 Å². The number of ether oxygens (including phenoxy) is 1. The average molecular weight is 297 g/mol. The Morgan fingerprint density at radius 2 is 2.25 bits per heavy atom. The second-order valence-electron chi connectivity index (χ2n) is 4.73. The maximum absolute atomic E-state index is 10.1. The van der Waals surface area contributed by atoms with E-state index in [1.54, 1.807) is 4.57 Å². The fraction of sp³-hybridized carbons (Fsp3) is 0.545. The fourth-order valence-electron chi connectivity index (χ4n) is 2.44. The van der Waals surface area contributed by atoms with Crippen molar-refractivity contribution in [2.75, 3.05) is 5.73 Å². The molecule has 0 saturated carbocycles. The van der Waals surface area contributed by atoms with Crippen LogP contribution in [0.25, 0.3) is 11.2 Å². The highest BCUT2D eigenvalue weighted by atomic mass is 32.1. The van der Waals surface area contributed by atoms with Gasteiger partial charge in [-0.1, -0.05) is 19.1 Å². The van der Waals surface area contributed by atoms with Crippen molar-refractivity contribution in [3.8, 4) is 0 Å². The first kappa shape index (κ1) is 13.4. The number of H-pyrrole nitrogens is 1. The van der Waals surface area contributed by atoms with Gasteiger partial charge >= 0.3 is 0 Å². The minimum absolute atomic E-state index is 0.157. The Hall–Kier alpha value is -1.55. The van der Waals surface area contributed by atoms with Gasteiger partial charge in [-0.2, -0.15) is 0 Å². The number of nitrogens with two attached hydrogens (primary N) is 1. The molecular formula is C11H15N5O3S. The van der Waals surface area contributed by atoms with E-state index in [-0.39, 0.29) is 10.6 Å². The normalized spacial score (nSPS) is 30.1. The fourth-order valence-corrected chi connectivity index (χ4v) is 2.69. The van der Waals surface area contributed by atoms with Gasteiger partial charge in [0.2, 0.25) is 0 Å². The number of rotatable bonds is 2. The topological polar surface area (TPSA) is 122 Å². The minimum Gasteiger partial charge on any atom is -0.388 e. The number of nitrogens with zero attached hydrogens (tertiary/aromatic N) is 3. The molecule has 9 heteroatoms. The Morgan fingerprint density at radius 1 is 1.50 bits per heavy atom. The number of aliphatic hydroxyl groups excluding tert-OH is 2. The van der Waals surface area contributed by atoms with Gasteiger partial charge in [0, 0.05) is 0 Å². The van der Waals surface area contributed by atoms with Crippen molar-refractivity contribution in [2.24, 2.45) is 0 Å². The molecule has 0 spiro atoms. The van der Waals surface area contributed by atoms with E-state index in [0.717, 1.165) is 0 Å². The molecule has 3 rings (SSSR count). The van der Waals surface area contributed by atoms with Crippen LogP contribution in [0.3, 0.4) is 0 Å². The van der Waals surface area contributed by atoms with Gasteiger partial charge in [-0.05, 0) is 6.42 Å². The molecule has 0 bridgehead atoms. The third-order valence-corrected chi connectivity index (χ3v) is 3.76. The van der Waals surface area contributed by atoms with Crippen LogP contribution in [-0.2, 0) is 4.74 Å². The summed E-state index contributed by atoms with van der Waals surface area (Å²) in [6.45, 7) is 1.88. The number of aliphatic hydroxyl groups is 2. The van der Waals surface area contributed by atoms with E-state index in [9.17, 15) is 10.2 Å². The van der Waals surface area contributed by atoms with E-state index in [4.69, 9.17) is 22.7 Å². The molecule has 0 amide bonds. The molecule has 0 radical (unpaired) electrons. The predicted octanol–water partition coefficient (Wildman–Crippen LogP) is 0.100. The molecule has 1 fully saturated rings. The standard InChI is InChI=1S/C11H15N5O3S/c1-2-4-6(17)7(18)10(19-4)16-3-13-5-8(16)14-11(12)15-9(5)20/h3-4,6-7,10,17-18H,2H2,1H3,(H3,12,14,15,20)/t4-,6-,7-,10-/m1/s1. The number of fused-ring (bicyclic) bond motifs is 1. The number of imidazole rings is 1. The van der Waals surface area contributed by atoms with E-state index in [2.05, 4.69) is 15.0 Å². The lowest BCUT2D eigenvalue weighted by molar-refractivity contribution is -0.0355. The number of aromatic amines is 1. The molecule has 2 aromatic heterocycles. The molecule has 20 heavy (non-hydrogen) atoms. The van der Waals surface area contributed by atoms with Crippen LogP contribution >= 0.6 is 12.2 Å². The molecule has 2 aromatic rings. The summed E-state index contributed by atoms with van der Waals surface area (Å²) < 4.78 is 7.52. The molecule has 4 atom stereocenters. The molecule has 0 aromatic carbocycles. The Bertz CT molecular complexity index is 699. The smallest absolute Gasteiger partial charge is 0.200 e. The zero-order valence-electron chi connectivity index (χ0n) is 10.7. The van der Waals surface area contributed by atoms with Gasteiger partial charge in [0.15, 0.2) is 16.8 Å². The first-order valence-electron chi connectivity index (χ1n) is 6.26. The van der Waals surface area contributed by atoms with E-state index in [1.165, 1.54) is 6.33 Å². The number of nitrogen functional groups attached to an aromatic ring is 1. The first-order chi connectivity index (χ1) is 9.52. The third kappa shape index (κ3) is 1.90. The van der Waals surface area contributed by atoms with Crippen LogP contribution in [0.5, 0.6) is 0 Å². The van der Waals surface area contributed by atoms with Crippen molar-refractivity contribution in [3.63, 3.8) is 0 Å². The molecule has 3 heterocycles. The third-order valence-electron chi connectivity index (χ3n) is 3.48. The maximum atomic E-state index is 10.1. The van der Waals surface area contributed by atoms with Crippen molar-refractivity contribution < 1.29 is 14.9 Å². The van der Waals surface area contributed by atoms with Gasteiger partial charge in [-0.3, -0.25) is 4.57 Å². The highest BCUT2D eigenvalue weighted by molar-refractivity contribution is 7.71. The van der Waals surface area contributed by atoms with Gasteiger partial charge in [-0.25, -0.2) is 9.97 Å². The number of hydrogen-bond acceptors (Lipinski definition) is 7. The number of nitrogens with one attached hydrogen (secondary N) is 1. The molecule has 0 unspecified atom stereocenters. The molecule has 0 aliphatic carbocycles. The summed E-state index contributed by atoms with van der Waals surface area (Å²) in [5, 5.41) is 20.0. The highest BCUT2D eigenvalue weighted by Gasteiger charge is 2.43. The van der Waals surface area contributed by atoms with Gasteiger partial charge in [0.1, 0.15) is 23.4 Å². The number of hydrogen-bond donors (Lipinski definition) is 4. The molecular weight excluding hydrogens is 282 g/mol. The average Bonchev–Trinajstić information content (AvgIpc) is 2.93. The Labute approximate surface area is 119 Å². The quantitative estimate of drug-likeness (QED) is 0.580. The SMILES string of the molecule is CC[C@H]1O[C@@H](n2cnc3c(=S)nc(N)[nH]c32)[C@H](O)[C@@H]1O. The summed E-state index contributed by atoms with van der Waals surface area (Å²) in [7, 11) is 0. The minimum atomic E-state index is -1.05. The number of anilines is 1. The summed E-state index contributed by atoms with van der Waals surface area (Å²) in [4.78, 5) is 10.9. The molecule has 1 aliphatic heterocycles. The maximum Gasteiger partial charge on any atom is 0.200 e. The van der Waals surface area contributed by atoms with Crippen molar-refractivity contribution in [1.82, 2.24) is 19.5 Å². The molecule has 5 N–H and O–H groups in total. The second kappa shape index (κ2) is 4.77. The summed E-state index contributed by atoms with van der Waals surface area (Å²) >= 11 is 5.09. The van der Waals surface area contributed by atoms with Crippen molar-refractivity contribution in [3.05, 3.63) is 11.0 Å². The largest absolute Gasteiger partial charge is 0.388 e. The Kier molecular flexibility index (Phi) is 3.21. The van der Waals surface area contributed by atoms with Crippen LogP contribution in [0.4, 0.5) is 5.95 Å². The van der Waals surface area contributed by atoms with Crippen LogP contribution in [0, 0.1) is 4.64 Å². The zero-order chi connectivity index (χ0) is 14.4. The Balaban J connectivity index is 2.09. The molecule has 1 saturated heterocycles. The second-order valence-corrected chi connectivity index (χ2v) is 5.12. The lowest BCUT2D eigenvalue weighted by Gasteiger charge is -2.16. The van der Waals surface area contributed by atoms with E-state index >= 15 is 0 Å². The summed E-state index contributed by atoms with van der Waals surface area (Å²) in [5.41, 5.74) is 6.62. The summed E-state index contributed by atoms with van der Waals surface area (Å²) in [5.74, 6) is 0.157. The van der Waals surface area contributed by atoms with E-state index in [0.29, 0.717) is 17.6 Å². The van der Waals surface area contributed by atoms with Crippen LogP contribution in [0.1, 0.15) is 19.6 Å². The lowest BCUT2D eigenvalue weighted by Crippen LogP contribution is -2.31. The van der Waals surface area contributed by atoms with Crippen LogP contribution in [-0.4, -0.2) is 48.0 Å².